The predicted octanol–water partition coefficient (Wildman–Crippen LogP) is 2.66. The van der Waals surface area contributed by atoms with Crippen molar-refractivity contribution < 1.29 is 37.1 Å². The van der Waals surface area contributed by atoms with Crippen molar-refractivity contribution in [1.82, 2.24) is 15.5 Å². The van der Waals surface area contributed by atoms with Gasteiger partial charge in [-0.25, -0.2) is 4.79 Å². The molecule has 0 spiro atoms. The van der Waals surface area contributed by atoms with Crippen LogP contribution in [0.25, 0.3) is 0 Å². The SMILES string of the molecule is CC(C)COC(=O)N[C@H](C(=O)N1CCC[C@H]1C(=O)N[C@H](C(=O)C(F)(F)F)C(C)C)C(C)C. The Balaban J connectivity index is 2.95. The number of carbonyl (C=O) groups excluding carboxylic acids is 4. The number of alkyl halides is 3. The van der Waals surface area contributed by atoms with Crippen molar-refractivity contribution in [2.24, 2.45) is 17.8 Å². The zero-order valence-electron chi connectivity index (χ0n) is 19.4. The summed E-state index contributed by atoms with van der Waals surface area (Å²) in [5.41, 5.74) is 0. The minimum Gasteiger partial charge on any atom is -0.449 e. The Kier molecular flexibility index (Phi) is 9.96. The molecule has 1 heterocycles. The second kappa shape index (κ2) is 11.5. The smallest absolute Gasteiger partial charge is 0.449 e. The molecule has 8 nitrogen and oxygen atoms in total. The standard InChI is InChI=1S/C21H34F3N3O5/c1-11(2)10-32-20(31)26-16(13(5)6)19(30)27-9-7-8-14(27)18(29)25-15(12(3)4)17(28)21(22,23)24/h11-16H,7-10H2,1-6H3,(H,25,29)(H,26,31)/t14-,15-,16-/m0/s1. The van der Waals surface area contributed by atoms with E-state index in [9.17, 15) is 32.3 Å². The summed E-state index contributed by atoms with van der Waals surface area (Å²) in [4.78, 5) is 50.9. The number of likely N-dealkylation sites (tertiary alicyclic amines) is 1. The van der Waals surface area contributed by atoms with E-state index in [-0.39, 0.29) is 31.4 Å². The van der Waals surface area contributed by atoms with Gasteiger partial charge in [-0.2, -0.15) is 13.2 Å². The van der Waals surface area contributed by atoms with Gasteiger partial charge in [0.15, 0.2) is 0 Å². The molecule has 0 bridgehead atoms. The Hall–Kier alpha value is -2.33. The predicted molar refractivity (Wildman–Crippen MR) is 111 cm³/mol. The van der Waals surface area contributed by atoms with Crippen molar-refractivity contribution in [3.8, 4) is 0 Å². The Bertz CT molecular complexity index is 695. The summed E-state index contributed by atoms with van der Waals surface area (Å²) in [6.07, 6.45) is -5.14. The summed E-state index contributed by atoms with van der Waals surface area (Å²) in [6, 6.07) is -3.75. The first kappa shape index (κ1) is 27.7. The van der Waals surface area contributed by atoms with Gasteiger partial charge in [-0.1, -0.05) is 41.5 Å². The summed E-state index contributed by atoms with van der Waals surface area (Å²) in [5, 5.41) is 4.70. The molecular formula is C21H34F3N3O5. The number of carbonyl (C=O) groups is 4. The van der Waals surface area contributed by atoms with Gasteiger partial charge in [0.2, 0.25) is 11.8 Å². The lowest BCUT2D eigenvalue weighted by Gasteiger charge is -2.31. The van der Waals surface area contributed by atoms with Gasteiger partial charge in [-0.3, -0.25) is 14.4 Å². The van der Waals surface area contributed by atoms with E-state index in [1.54, 1.807) is 13.8 Å². The molecule has 0 aliphatic carbocycles. The van der Waals surface area contributed by atoms with E-state index in [0.717, 1.165) is 0 Å². The maximum Gasteiger partial charge on any atom is 0.452 e. The molecule has 0 unspecified atom stereocenters. The molecule has 11 heteroatoms. The van der Waals surface area contributed by atoms with Gasteiger partial charge >= 0.3 is 12.3 Å². The van der Waals surface area contributed by atoms with E-state index in [1.807, 2.05) is 13.8 Å². The third-order valence-electron chi connectivity index (χ3n) is 5.12. The number of halogens is 3. The second-order valence-electron chi connectivity index (χ2n) is 9.14. The van der Waals surface area contributed by atoms with E-state index < -0.39 is 53.9 Å². The van der Waals surface area contributed by atoms with Crippen molar-refractivity contribution in [3.63, 3.8) is 0 Å². The van der Waals surface area contributed by atoms with E-state index in [1.165, 1.54) is 18.7 Å². The number of alkyl carbamates (subject to hydrolysis) is 1. The number of Topliss-reactive ketones (excluding diaryl/α,β-unsaturated/α-hetero) is 1. The van der Waals surface area contributed by atoms with Crippen molar-refractivity contribution in [1.29, 1.82) is 0 Å². The van der Waals surface area contributed by atoms with Crippen LogP contribution in [0, 0.1) is 17.8 Å². The maximum absolute atomic E-state index is 13.1. The molecule has 32 heavy (non-hydrogen) atoms. The molecule has 0 saturated carbocycles. The lowest BCUT2D eigenvalue weighted by molar-refractivity contribution is -0.175. The van der Waals surface area contributed by atoms with Gasteiger partial charge in [0.1, 0.15) is 12.1 Å². The van der Waals surface area contributed by atoms with Crippen LogP contribution in [-0.2, 0) is 19.1 Å². The molecule has 1 aliphatic heterocycles. The van der Waals surface area contributed by atoms with E-state index in [4.69, 9.17) is 4.74 Å². The summed E-state index contributed by atoms with van der Waals surface area (Å²) >= 11 is 0. The maximum atomic E-state index is 13.1. The minimum atomic E-state index is -5.09. The summed E-state index contributed by atoms with van der Waals surface area (Å²) in [5.74, 6) is -4.40. The quantitative estimate of drug-likeness (QED) is 0.545. The molecule has 1 fully saturated rings. The Morgan fingerprint density at radius 3 is 2.00 bits per heavy atom. The van der Waals surface area contributed by atoms with Gasteiger partial charge in [-0.15, -0.1) is 0 Å². The fraction of sp³-hybridized carbons (Fsp3) is 0.810. The number of hydrogen-bond acceptors (Lipinski definition) is 5. The topological polar surface area (TPSA) is 105 Å². The highest BCUT2D eigenvalue weighted by Gasteiger charge is 2.46. The van der Waals surface area contributed by atoms with Crippen LogP contribution in [0.4, 0.5) is 18.0 Å². The van der Waals surface area contributed by atoms with Crippen LogP contribution in [0.1, 0.15) is 54.4 Å². The first-order valence-electron chi connectivity index (χ1n) is 10.8. The Morgan fingerprint density at radius 1 is 0.969 bits per heavy atom. The highest BCUT2D eigenvalue weighted by atomic mass is 19.4. The molecule has 3 amide bonds. The number of nitrogens with one attached hydrogen (secondary N) is 2. The molecule has 1 saturated heterocycles. The fourth-order valence-corrected chi connectivity index (χ4v) is 3.37. The summed E-state index contributed by atoms with van der Waals surface area (Å²) in [6.45, 7) is 10.3. The third-order valence-corrected chi connectivity index (χ3v) is 5.12. The number of rotatable bonds is 9. The first-order chi connectivity index (χ1) is 14.7. The zero-order valence-corrected chi connectivity index (χ0v) is 19.4. The Morgan fingerprint density at radius 2 is 1.53 bits per heavy atom. The monoisotopic (exact) mass is 465 g/mol. The molecule has 2 N–H and O–H groups in total. The largest absolute Gasteiger partial charge is 0.452 e. The molecule has 0 radical (unpaired) electrons. The van der Waals surface area contributed by atoms with Gasteiger partial charge in [-0.05, 0) is 30.6 Å². The fourth-order valence-electron chi connectivity index (χ4n) is 3.37. The molecule has 1 rings (SSSR count). The third kappa shape index (κ3) is 7.67. The van der Waals surface area contributed by atoms with Crippen molar-refractivity contribution in [2.75, 3.05) is 13.2 Å². The number of hydrogen-bond donors (Lipinski definition) is 2. The van der Waals surface area contributed by atoms with Crippen molar-refractivity contribution in [2.45, 2.75) is 78.7 Å². The highest BCUT2D eigenvalue weighted by molar-refractivity contribution is 5.96. The average molecular weight is 466 g/mol. The Labute approximate surface area is 186 Å². The second-order valence-corrected chi connectivity index (χ2v) is 9.14. The lowest BCUT2D eigenvalue weighted by atomic mass is 9.98. The van der Waals surface area contributed by atoms with Gasteiger partial charge in [0.25, 0.3) is 5.78 Å². The van der Waals surface area contributed by atoms with Crippen LogP contribution >= 0.6 is 0 Å². The van der Waals surface area contributed by atoms with Gasteiger partial charge < -0.3 is 20.3 Å². The van der Waals surface area contributed by atoms with Crippen molar-refractivity contribution >= 4 is 23.7 Å². The molecule has 1 aliphatic rings. The number of ether oxygens (including phenoxy) is 1. The normalized spacial score (nSPS) is 18.6. The summed E-state index contributed by atoms with van der Waals surface area (Å²) < 4.78 is 43.8. The van der Waals surface area contributed by atoms with E-state index in [2.05, 4.69) is 10.6 Å². The van der Waals surface area contributed by atoms with Crippen LogP contribution in [-0.4, -0.2) is 66.0 Å². The molecule has 0 aromatic heterocycles. The first-order valence-corrected chi connectivity index (χ1v) is 10.8. The van der Waals surface area contributed by atoms with Crippen LogP contribution in [0.3, 0.4) is 0 Å². The molecule has 0 aromatic carbocycles. The van der Waals surface area contributed by atoms with E-state index in [0.29, 0.717) is 6.42 Å². The molecule has 184 valence electrons. The van der Waals surface area contributed by atoms with E-state index >= 15 is 0 Å². The molecule has 0 aromatic rings. The van der Waals surface area contributed by atoms with Gasteiger partial charge in [0, 0.05) is 6.54 Å². The summed E-state index contributed by atoms with van der Waals surface area (Å²) in [7, 11) is 0. The number of ketones is 1. The van der Waals surface area contributed by atoms with Crippen LogP contribution in [0.2, 0.25) is 0 Å². The highest BCUT2D eigenvalue weighted by Crippen LogP contribution is 2.24. The van der Waals surface area contributed by atoms with Gasteiger partial charge in [0.05, 0.1) is 12.6 Å². The number of nitrogens with zero attached hydrogens (tertiary/aromatic N) is 1. The van der Waals surface area contributed by atoms with Crippen LogP contribution < -0.4 is 10.6 Å². The number of amides is 3. The van der Waals surface area contributed by atoms with Crippen LogP contribution in [0.15, 0.2) is 0 Å². The van der Waals surface area contributed by atoms with Crippen molar-refractivity contribution in [3.05, 3.63) is 0 Å². The average Bonchev–Trinajstić information content (AvgIpc) is 3.16. The zero-order chi connectivity index (χ0) is 24.8. The van der Waals surface area contributed by atoms with Crippen LogP contribution in [0.5, 0.6) is 0 Å². The minimum absolute atomic E-state index is 0.105. The molecule has 3 atom stereocenters. The molecular weight excluding hydrogens is 431 g/mol. The lowest BCUT2D eigenvalue weighted by Crippen LogP contribution is -2.58.